The monoisotopic (exact) mass is 281 g/mol. The summed E-state index contributed by atoms with van der Waals surface area (Å²) in [5, 5.41) is 3.33. The van der Waals surface area contributed by atoms with E-state index >= 15 is 0 Å². The van der Waals surface area contributed by atoms with Gasteiger partial charge in [-0.15, -0.1) is 0 Å². The van der Waals surface area contributed by atoms with Crippen molar-refractivity contribution in [2.24, 2.45) is 0 Å². The van der Waals surface area contributed by atoms with Gasteiger partial charge >= 0.3 is 0 Å². The zero-order chi connectivity index (χ0) is 14.8. The van der Waals surface area contributed by atoms with Crippen LogP contribution in [-0.2, 0) is 6.54 Å². The number of rotatable bonds is 4. The van der Waals surface area contributed by atoms with Crippen molar-refractivity contribution < 1.29 is 0 Å². The molecule has 0 aliphatic heterocycles. The standard InChI is InChI=1S/C16H19N5/c1-4-21-14-8-6-5-7-13(14)20-15(21)12(3)19-16-17-10-9-11(2)18-16/h5-10,12H,4H2,1-3H3,(H,17,18,19). The zero-order valence-electron chi connectivity index (χ0n) is 12.5. The van der Waals surface area contributed by atoms with E-state index in [1.54, 1.807) is 6.20 Å². The van der Waals surface area contributed by atoms with Crippen LogP contribution in [0.2, 0.25) is 0 Å². The molecule has 1 atom stereocenters. The average Bonchev–Trinajstić information content (AvgIpc) is 2.86. The highest BCUT2D eigenvalue weighted by atomic mass is 15.2. The van der Waals surface area contributed by atoms with Crippen molar-refractivity contribution in [3.63, 3.8) is 0 Å². The van der Waals surface area contributed by atoms with Gasteiger partial charge in [0.15, 0.2) is 0 Å². The highest BCUT2D eigenvalue weighted by molar-refractivity contribution is 5.76. The summed E-state index contributed by atoms with van der Waals surface area (Å²) in [5.74, 6) is 1.64. The van der Waals surface area contributed by atoms with E-state index in [2.05, 4.69) is 39.8 Å². The number of anilines is 1. The molecule has 0 amide bonds. The number of aryl methyl sites for hydroxylation is 2. The average molecular weight is 281 g/mol. The lowest BCUT2D eigenvalue weighted by Gasteiger charge is -2.15. The summed E-state index contributed by atoms with van der Waals surface area (Å²) in [4.78, 5) is 13.4. The Morgan fingerprint density at radius 2 is 2.00 bits per heavy atom. The molecular weight excluding hydrogens is 262 g/mol. The Balaban J connectivity index is 1.95. The third-order valence-corrected chi connectivity index (χ3v) is 3.53. The molecule has 0 radical (unpaired) electrons. The summed E-state index contributed by atoms with van der Waals surface area (Å²) in [5.41, 5.74) is 3.13. The van der Waals surface area contributed by atoms with Gasteiger partial charge in [-0.25, -0.2) is 15.0 Å². The fraction of sp³-hybridized carbons (Fsp3) is 0.312. The van der Waals surface area contributed by atoms with E-state index in [1.165, 1.54) is 0 Å². The van der Waals surface area contributed by atoms with Gasteiger partial charge in [0.25, 0.3) is 0 Å². The SMILES string of the molecule is CCn1c(C(C)Nc2nccc(C)n2)nc2ccccc21. The van der Waals surface area contributed by atoms with Crippen molar-refractivity contribution in [3.8, 4) is 0 Å². The molecular formula is C16H19N5. The van der Waals surface area contributed by atoms with Gasteiger partial charge < -0.3 is 9.88 Å². The minimum absolute atomic E-state index is 0.0409. The number of hydrogen-bond acceptors (Lipinski definition) is 4. The number of aromatic nitrogens is 4. The second-order valence-electron chi connectivity index (χ2n) is 5.09. The van der Waals surface area contributed by atoms with Crippen LogP contribution < -0.4 is 5.32 Å². The van der Waals surface area contributed by atoms with Gasteiger partial charge in [-0.1, -0.05) is 12.1 Å². The van der Waals surface area contributed by atoms with E-state index in [9.17, 15) is 0 Å². The topological polar surface area (TPSA) is 55.6 Å². The van der Waals surface area contributed by atoms with Crippen LogP contribution in [0.15, 0.2) is 36.5 Å². The first kappa shape index (κ1) is 13.5. The van der Waals surface area contributed by atoms with Gasteiger partial charge in [-0.2, -0.15) is 0 Å². The van der Waals surface area contributed by atoms with E-state index in [-0.39, 0.29) is 6.04 Å². The van der Waals surface area contributed by atoms with Crippen molar-refractivity contribution in [2.75, 3.05) is 5.32 Å². The molecule has 0 fully saturated rings. The van der Waals surface area contributed by atoms with E-state index in [4.69, 9.17) is 4.98 Å². The predicted octanol–water partition coefficient (Wildman–Crippen LogP) is 3.33. The molecule has 0 spiro atoms. The molecule has 2 heterocycles. The van der Waals surface area contributed by atoms with E-state index in [1.807, 2.05) is 31.2 Å². The van der Waals surface area contributed by atoms with E-state index in [0.29, 0.717) is 5.95 Å². The Kier molecular flexibility index (Phi) is 3.56. The molecule has 5 nitrogen and oxygen atoms in total. The zero-order valence-corrected chi connectivity index (χ0v) is 12.5. The number of para-hydroxylation sites is 2. The van der Waals surface area contributed by atoms with Crippen molar-refractivity contribution in [1.29, 1.82) is 0 Å². The minimum atomic E-state index is 0.0409. The third-order valence-electron chi connectivity index (χ3n) is 3.53. The number of nitrogens with zero attached hydrogens (tertiary/aromatic N) is 4. The lowest BCUT2D eigenvalue weighted by molar-refractivity contribution is 0.670. The van der Waals surface area contributed by atoms with Gasteiger partial charge in [-0.3, -0.25) is 0 Å². The van der Waals surface area contributed by atoms with Crippen LogP contribution in [0.4, 0.5) is 5.95 Å². The Morgan fingerprint density at radius 3 is 2.76 bits per heavy atom. The van der Waals surface area contributed by atoms with Crippen molar-refractivity contribution in [1.82, 2.24) is 19.5 Å². The maximum atomic E-state index is 4.75. The summed E-state index contributed by atoms with van der Waals surface area (Å²) in [6, 6.07) is 10.1. The second-order valence-corrected chi connectivity index (χ2v) is 5.09. The van der Waals surface area contributed by atoms with Crippen LogP contribution in [-0.4, -0.2) is 19.5 Å². The van der Waals surface area contributed by atoms with Gasteiger partial charge in [0.1, 0.15) is 5.82 Å². The molecule has 0 saturated carbocycles. The largest absolute Gasteiger partial charge is 0.345 e. The molecule has 3 rings (SSSR count). The molecule has 1 aromatic carbocycles. The number of fused-ring (bicyclic) bond motifs is 1. The quantitative estimate of drug-likeness (QED) is 0.797. The summed E-state index contributed by atoms with van der Waals surface area (Å²) in [6.45, 7) is 7.06. The molecule has 1 unspecified atom stereocenters. The summed E-state index contributed by atoms with van der Waals surface area (Å²) in [7, 11) is 0. The van der Waals surface area contributed by atoms with Gasteiger partial charge in [-0.05, 0) is 39.0 Å². The molecule has 108 valence electrons. The summed E-state index contributed by atoms with van der Waals surface area (Å²) in [6.07, 6.45) is 1.76. The molecule has 0 aliphatic carbocycles. The maximum Gasteiger partial charge on any atom is 0.223 e. The molecule has 2 aromatic heterocycles. The first-order valence-electron chi connectivity index (χ1n) is 7.20. The van der Waals surface area contributed by atoms with Crippen LogP contribution >= 0.6 is 0 Å². The van der Waals surface area contributed by atoms with Gasteiger partial charge in [0.05, 0.1) is 17.1 Å². The highest BCUT2D eigenvalue weighted by Gasteiger charge is 2.16. The fourth-order valence-electron chi connectivity index (χ4n) is 2.53. The van der Waals surface area contributed by atoms with Gasteiger partial charge in [0, 0.05) is 18.4 Å². The van der Waals surface area contributed by atoms with Crippen molar-refractivity contribution in [3.05, 3.63) is 48.0 Å². The lowest BCUT2D eigenvalue weighted by Crippen LogP contribution is -2.15. The Bertz CT molecular complexity index is 762. The number of hydrogen-bond donors (Lipinski definition) is 1. The van der Waals surface area contributed by atoms with Crippen LogP contribution in [0.5, 0.6) is 0 Å². The summed E-state index contributed by atoms with van der Waals surface area (Å²) >= 11 is 0. The molecule has 0 saturated heterocycles. The molecule has 0 bridgehead atoms. The number of nitrogens with one attached hydrogen (secondary N) is 1. The minimum Gasteiger partial charge on any atom is -0.345 e. The Morgan fingerprint density at radius 1 is 1.19 bits per heavy atom. The lowest BCUT2D eigenvalue weighted by atomic mass is 10.3. The van der Waals surface area contributed by atoms with Crippen LogP contribution in [0.25, 0.3) is 11.0 Å². The van der Waals surface area contributed by atoms with E-state index in [0.717, 1.165) is 29.1 Å². The molecule has 3 aromatic rings. The summed E-state index contributed by atoms with van der Waals surface area (Å²) < 4.78 is 2.22. The molecule has 5 heteroatoms. The predicted molar refractivity (Wildman–Crippen MR) is 84.2 cm³/mol. The van der Waals surface area contributed by atoms with Crippen LogP contribution in [0.1, 0.15) is 31.4 Å². The van der Waals surface area contributed by atoms with Gasteiger partial charge in [0.2, 0.25) is 5.95 Å². The Hall–Kier alpha value is -2.43. The van der Waals surface area contributed by atoms with Crippen molar-refractivity contribution in [2.45, 2.75) is 33.4 Å². The number of benzene rings is 1. The third kappa shape index (κ3) is 2.59. The van der Waals surface area contributed by atoms with E-state index < -0.39 is 0 Å². The molecule has 0 aliphatic rings. The second kappa shape index (κ2) is 5.52. The maximum absolute atomic E-state index is 4.75. The first-order chi connectivity index (χ1) is 10.2. The fourth-order valence-corrected chi connectivity index (χ4v) is 2.53. The molecule has 1 N–H and O–H groups in total. The van der Waals surface area contributed by atoms with Crippen LogP contribution in [0, 0.1) is 6.92 Å². The number of imidazole rings is 1. The smallest absolute Gasteiger partial charge is 0.223 e. The highest BCUT2D eigenvalue weighted by Crippen LogP contribution is 2.22. The Labute approximate surface area is 124 Å². The van der Waals surface area contributed by atoms with Crippen LogP contribution in [0.3, 0.4) is 0 Å². The van der Waals surface area contributed by atoms with Crippen molar-refractivity contribution >= 4 is 17.0 Å². The molecule has 21 heavy (non-hydrogen) atoms. The first-order valence-corrected chi connectivity index (χ1v) is 7.20. The normalized spacial score (nSPS) is 12.5.